The summed E-state index contributed by atoms with van der Waals surface area (Å²) >= 11 is 6.18. The number of ether oxygens (including phenoxy) is 1. The van der Waals surface area contributed by atoms with Crippen LogP contribution >= 0.6 is 11.6 Å². The van der Waals surface area contributed by atoms with Crippen molar-refractivity contribution < 1.29 is 9.13 Å². The smallest absolute Gasteiger partial charge is 0.141 e. The quantitative estimate of drug-likeness (QED) is 0.892. The van der Waals surface area contributed by atoms with E-state index in [1.165, 1.54) is 31.7 Å². The van der Waals surface area contributed by atoms with Gasteiger partial charge < -0.3 is 10.1 Å². The van der Waals surface area contributed by atoms with Crippen molar-refractivity contribution in [3.63, 3.8) is 0 Å². The molecule has 0 radical (unpaired) electrons. The van der Waals surface area contributed by atoms with E-state index in [0.717, 1.165) is 25.1 Å². The van der Waals surface area contributed by atoms with Crippen LogP contribution in [0.25, 0.3) is 0 Å². The zero-order valence-corrected chi connectivity index (χ0v) is 12.4. The highest BCUT2D eigenvalue weighted by Gasteiger charge is 2.24. The van der Waals surface area contributed by atoms with Gasteiger partial charge in [-0.15, -0.1) is 0 Å². The van der Waals surface area contributed by atoms with Gasteiger partial charge in [0.15, 0.2) is 0 Å². The van der Waals surface area contributed by atoms with Crippen molar-refractivity contribution in [1.29, 1.82) is 0 Å². The van der Waals surface area contributed by atoms with Gasteiger partial charge in [0.1, 0.15) is 11.6 Å². The second-order valence-electron chi connectivity index (χ2n) is 6.05. The molecule has 0 amide bonds. The third-order valence-electron chi connectivity index (χ3n) is 4.15. The topological polar surface area (TPSA) is 21.3 Å². The maximum absolute atomic E-state index is 13.6. The lowest BCUT2D eigenvalue weighted by molar-refractivity contribution is 0.292. The van der Waals surface area contributed by atoms with Crippen LogP contribution in [0.4, 0.5) is 4.39 Å². The fraction of sp³-hybridized carbons (Fsp3) is 0.625. The molecule has 2 aliphatic rings. The van der Waals surface area contributed by atoms with Crippen molar-refractivity contribution >= 4 is 11.6 Å². The van der Waals surface area contributed by atoms with Crippen LogP contribution in [-0.4, -0.2) is 19.7 Å². The average molecular weight is 298 g/mol. The number of benzene rings is 1. The van der Waals surface area contributed by atoms with Gasteiger partial charge in [-0.25, -0.2) is 4.39 Å². The lowest BCUT2D eigenvalue weighted by Gasteiger charge is -2.24. The molecule has 110 valence electrons. The molecule has 1 aliphatic heterocycles. The number of hydrogen-bond donors (Lipinski definition) is 1. The first-order valence-corrected chi connectivity index (χ1v) is 7.91. The fourth-order valence-electron chi connectivity index (χ4n) is 2.82. The Kier molecular flexibility index (Phi) is 4.47. The number of nitrogens with one attached hydrogen (secondary N) is 1. The molecule has 1 aliphatic carbocycles. The molecule has 1 saturated heterocycles. The van der Waals surface area contributed by atoms with Crippen LogP contribution in [0.2, 0.25) is 5.02 Å². The summed E-state index contributed by atoms with van der Waals surface area (Å²) in [6.07, 6.45) is 5.68. The first-order chi connectivity index (χ1) is 9.72. The Labute approximate surface area is 124 Å². The summed E-state index contributed by atoms with van der Waals surface area (Å²) in [4.78, 5) is 0. The largest absolute Gasteiger partial charge is 0.491 e. The summed E-state index contributed by atoms with van der Waals surface area (Å²) in [6.45, 7) is 2.79. The first kappa shape index (κ1) is 14.2. The monoisotopic (exact) mass is 297 g/mol. The number of hydrogen-bond acceptors (Lipinski definition) is 2. The van der Waals surface area contributed by atoms with E-state index in [9.17, 15) is 4.39 Å². The van der Waals surface area contributed by atoms with Gasteiger partial charge in [-0.2, -0.15) is 0 Å². The fourth-order valence-corrected chi connectivity index (χ4v) is 3.10. The summed E-state index contributed by atoms with van der Waals surface area (Å²) in [7, 11) is 0. The molecular formula is C16H21ClFNO. The third-order valence-corrected chi connectivity index (χ3v) is 4.43. The van der Waals surface area contributed by atoms with Gasteiger partial charge in [0.05, 0.1) is 11.6 Å². The van der Waals surface area contributed by atoms with E-state index in [1.807, 2.05) is 0 Å². The average Bonchev–Trinajstić information content (AvgIpc) is 3.23. The minimum Gasteiger partial charge on any atom is -0.491 e. The molecule has 1 aromatic carbocycles. The van der Waals surface area contributed by atoms with Gasteiger partial charge in [0.2, 0.25) is 0 Å². The molecule has 0 bridgehead atoms. The Morgan fingerprint density at radius 2 is 2.10 bits per heavy atom. The van der Waals surface area contributed by atoms with Gasteiger partial charge in [-0.1, -0.05) is 11.6 Å². The standard InChI is InChI=1S/C16H21ClFNO/c17-15-8-14(18)7-13(6-12-2-1-5-19-9-12)16(15)20-10-11-3-4-11/h7-8,11-12,19H,1-6,9-10H2. The van der Waals surface area contributed by atoms with Crippen molar-refractivity contribution in [1.82, 2.24) is 5.32 Å². The van der Waals surface area contributed by atoms with Gasteiger partial charge in [0, 0.05) is 0 Å². The normalized spacial score (nSPS) is 22.8. The van der Waals surface area contributed by atoms with Crippen molar-refractivity contribution in [2.24, 2.45) is 11.8 Å². The number of rotatable bonds is 5. The maximum Gasteiger partial charge on any atom is 0.141 e. The Hall–Kier alpha value is -0.800. The van der Waals surface area contributed by atoms with E-state index >= 15 is 0 Å². The van der Waals surface area contributed by atoms with E-state index in [4.69, 9.17) is 16.3 Å². The minimum absolute atomic E-state index is 0.271. The van der Waals surface area contributed by atoms with Crippen LogP contribution in [0.15, 0.2) is 12.1 Å². The van der Waals surface area contributed by atoms with Crippen molar-refractivity contribution in [3.8, 4) is 5.75 Å². The second kappa shape index (κ2) is 6.31. The lowest BCUT2D eigenvalue weighted by Crippen LogP contribution is -2.31. The Morgan fingerprint density at radius 1 is 1.25 bits per heavy atom. The van der Waals surface area contributed by atoms with Crippen LogP contribution < -0.4 is 10.1 Å². The van der Waals surface area contributed by atoms with E-state index in [1.54, 1.807) is 6.07 Å². The van der Waals surface area contributed by atoms with Gasteiger partial charge in [-0.3, -0.25) is 0 Å². The molecule has 2 nitrogen and oxygen atoms in total. The van der Waals surface area contributed by atoms with Crippen molar-refractivity contribution in [2.75, 3.05) is 19.7 Å². The molecule has 2 fully saturated rings. The maximum atomic E-state index is 13.6. The highest BCUT2D eigenvalue weighted by molar-refractivity contribution is 6.32. The van der Waals surface area contributed by atoms with Gasteiger partial charge in [0.25, 0.3) is 0 Å². The molecule has 1 N–H and O–H groups in total. The molecular weight excluding hydrogens is 277 g/mol. The summed E-state index contributed by atoms with van der Waals surface area (Å²) < 4.78 is 19.5. The van der Waals surface area contributed by atoms with Crippen LogP contribution in [0.5, 0.6) is 5.75 Å². The van der Waals surface area contributed by atoms with Gasteiger partial charge in [-0.05, 0) is 74.7 Å². The molecule has 1 heterocycles. The molecule has 1 aromatic rings. The summed E-state index contributed by atoms with van der Waals surface area (Å²) in [6, 6.07) is 2.94. The Bertz CT molecular complexity index is 470. The van der Waals surface area contributed by atoms with Crippen LogP contribution in [0, 0.1) is 17.7 Å². The third kappa shape index (κ3) is 3.64. The van der Waals surface area contributed by atoms with Crippen LogP contribution in [0.3, 0.4) is 0 Å². The Balaban J connectivity index is 1.74. The predicted octanol–water partition coefficient (Wildman–Crippen LogP) is 3.81. The predicted molar refractivity (Wildman–Crippen MR) is 78.9 cm³/mol. The summed E-state index contributed by atoms with van der Waals surface area (Å²) in [5, 5.41) is 3.80. The molecule has 20 heavy (non-hydrogen) atoms. The van der Waals surface area contributed by atoms with Crippen LogP contribution in [0.1, 0.15) is 31.2 Å². The van der Waals surface area contributed by atoms with Crippen molar-refractivity contribution in [2.45, 2.75) is 32.1 Å². The molecule has 1 unspecified atom stereocenters. The molecule has 0 spiro atoms. The van der Waals surface area contributed by atoms with Crippen molar-refractivity contribution in [3.05, 3.63) is 28.5 Å². The molecule has 0 aromatic heterocycles. The lowest BCUT2D eigenvalue weighted by atomic mass is 9.92. The second-order valence-corrected chi connectivity index (χ2v) is 6.45. The summed E-state index contributed by atoms with van der Waals surface area (Å²) in [5.74, 6) is 1.64. The Morgan fingerprint density at radius 3 is 2.80 bits per heavy atom. The molecule has 1 atom stereocenters. The SMILES string of the molecule is Fc1cc(Cl)c(OCC2CC2)c(CC2CCCNC2)c1. The van der Waals surface area contributed by atoms with E-state index in [2.05, 4.69) is 5.32 Å². The van der Waals surface area contributed by atoms with E-state index < -0.39 is 0 Å². The zero-order chi connectivity index (χ0) is 13.9. The number of halogens is 2. The minimum atomic E-state index is -0.271. The molecule has 1 saturated carbocycles. The molecule has 4 heteroatoms. The number of piperidine rings is 1. The van der Waals surface area contributed by atoms with Crippen LogP contribution in [-0.2, 0) is 6.42 Å². The van der Waals surface area contributed by atoms with E-state index in [0.29, 0.717) is 29.2 Å². The van der Waals surface area contributed by atoms with E-state index in [-0.39, 0.29) is 5.82 Å². The van der Waals surface area contributed by atoms with Gasteiger partial charge >= 0.3 is 0 Å². The summed E-state index contributed by atoms with van der Waals surface area (Å²) in [5.41, 5.74) is 0.921. The first-order valence-electron chi connectivity index (χ1n) is 7.54. The highest BCUT2D eigenvalue weighted by atomic mass is 35.5. The highest BCUT2D eigenvalue weighted by Crippen LogP contribution is 2.35. The molecule has 3 rings (SSSR count). The zero-order valence-electron chi connectivity index (χ0n) is 11.6.